The van der Waals surface area contributed by atoms with Crippen LogP contribution in [0.15, 0.2) is 0 Å². The zero-order valence-corrected chi connectivity index (χ0v) is 7.94. The van der Waals surface area contributed by atoms with Gasteiger partial charge in [-0.2, -0.15) is 0 Å². The van der Waals surface area contributed by atoms with Crippen LogP contribution in [-0.4, -0.2) is 25.4 Å². The lowest BCUT2D eigenvalue weighted by Crippen LogP contribution is -2.50. The van der Waals surface area contributed by atoms with Crippen molar-refractivity contribution in [1.82, 2.24) is 0 Å². The van der Waals surface area contributed by atoms with Crippen molar-refractivity contribution in [2.24, 2.45) is 5.41 Å². The summed E-state index contributed by atoms with van der Waals surface area (Å²) < 4.78 is 11.1. The van der Waals surface area contributed by atoms with Gasteiger partial charge in [0.05, 0.1) is 25.4 Å². The molecular weight excluding hydrogens is 140 g/mol. The molecule has 1 rings (SSSR count). The minimum atomic E-state index is -0.106. The first-order valence-electron chi connectivity index (χ1n) is 4.17. The Balaban J connectivity index is 2.64. The molecule has 1 unspecified atom stereocenters. The van der Waals surface area contributed by atoms with Crippen LogP contribution in [0.2, 0.25) is 0 Å². The van der Waals surface area contributed by atoms with Crippen LogP contribution in [0.1, 0.15) is 27.7 Å². The maximum absolute atomic E-state index is 5.70. The topological polar surface area (TPSA) is 18.5 Å². The summed E-state index contributed by atoms with van der Waals surface area (Å²) in [6, 6.07) is 0. The molecule has 11 heavy (non-hydrogen) atoms. The van der Waals surface area contributed by atoms with Crippen molar-refractivity contribution in [2.45, 2.75) is 33.3 Å². The molecular formula is C9H18O2. The van der Waals surface area contributed by atoms with Crippen molar-refractivity contribution in [3.8, 4) is 0 Å². The zero-order chi connectivity index (χ0) is 8.54. The average molecular weight is 158 g/mol. The lowest BCUT2D eigenvalue weighted by atomic mass is 9.78. The summed E-state index contributed by atoms with van der Waals surface area (Å²) in [6.07, 6.45) is 0. The molecule has 1 saturated heterocycles. The highest BCUT2D eigenvalue weighted by molar-refractivity contribution is 4.89. The summed E-state index contributed by atoms with van der Waals surface area (Å²) in [7, 11) is 0. The van der Waals surface area contributed by atoms with E-state index in [1.165, 1.54) is 0 Å². The predicted molar refractivity (Wildman–Crippen MR) is 44.6 cm³/mol. The largest absolute Gasteiger partial charge is 0.376 e. The Morgan fingerprint density at radius 3 is 2.09 bits per heavy atom. The third-order valence-electron chi connectivity index (χ3n) is 2.61. The molecule has 0 saturated carbocycles. The first-order valence-corrected chi connectivity index (χ1v) is 4.17. The second-order valence-corrected chi connectivity index (χ2v) is 4.38. The van der Waals surface area contributed by atoms with Crippen LogP contribution in [-0.2, 0) is 9.47 Å². The van der Waals surface area contributed by atoms with Gasteiger partial charge in [0.1, 0.15) is 0 Å². The highest BCUT2D eigenvalue weighted by Gasteiger charge is 2.40. The number of ether oxygens (including phenoxy) is 2. The molecule has 0 radical (unpaired) electrons. The molecule has 1 fully saturated rings. The van der Waals surface area contributed by atoms with Gasteiger partial charge in [-0.1, -0.05) is 20.8 Å². The summed E-state index contributed by atoms with van der Waals surface area (Å²) in [5.41, 5.74) is 0.0542. The Hall–Kier alpha value is -0.0800. The molecule has 0 spiro atoms. The highest BCUT2D eigenvalue weighted by Crippen LogP contribution is 2.35. The van der Waals surface area contributed by atoms with Gasteiger partial charge >= 0.3 is 0 Å². The first-order chi connectivity index (χ1) is 4.96. The Kier molecular flexibility index (Phi) is 2.26. The highest BCUT2D eigenvalue weighted by atomic mass is 16.6. The molecule has 0 bridgehead atoms. The van der Waals surface area contributed by atoms with Crippen molar-refractivity contribution in [3.63, 3.8) is 0 Å². The molecule has 0 amide bonds. The zero-order valence-electron chi connectivity index (χ0n) is 7.94. The molecule has 2 nitrogen and oxygen atoms in total. The van der Waals surface area contributed by atoms with Gasteiger partial charge in [-0.05, 0) is 12.3 Å². The van der Waals surface area contributed by atoms with Crippen molar-refractivity contribution in [3.05, 3.63) is 0 Å². The summed E-state index contributed by atoms with van der Waals surface area (Å²) in [4.78, 5) is 0. The normalized spacial score (nSPS) is 33.8. The van der Waals surface area contributed by atoms with Gasteiger partial charge in [0, 0.05) is 0 Å². The van der Waals surface area contributed by atoms with Gasteiger partial charge in [0.2, 0.25) is 0 Å². The van der Waals surface area contributed by atoms with Crippen LogP contribution in [0, 0.1) is 5.41 Å². The molecule has 1 aliphatic heterocycles. The third-order valence-corrected chi connectivity index (χ3v) is 2.61. The summed E-state index contributed by atoms with van der Waals surface area (Å²) >= 11 is 0. The van der Waals surface area contributed by atoms with Crippen LogP contribution in [0.3, 0.4) is 0 Å². The fraction of sp³-hybridized carbons (Fsp3) is 1.00. The minimum absolute atomic E-state index is 0.106. The maximum Gasteiger partial charge on any atom is 0.0935 e. The van der Waals surface area contributed by atoms with Crippen molar-refractivity contribution in [1.29, 1.82) is 0 Å². The van der Waals surface area contributed by atoms with Crippen LogP contribution in [0.4, 0.5) is 0 Å². The summed E-state index contributed by atoms with van der Waals surface area (Å²) in [5, 5.41) is 0. The van der Waals surface area contributed by atoms with Gasteiger partial charge in [-0.15, -0.1) is 0 Å². The summed E-state index contributed by atoms with van der Waals surface area (Å²) in [5.74, 6) is 0. The third kappa shape index (κ3) is 1.74. The first kappa shape index (κ1) is 9.01. The molecule has 0 aromatic rings. The van der Waals surface area contributed by atoms with Crippen molar-refractivity contribution in [2.75, 3.05) is 19.8 Å². The quantitative estimate of drug-likeness (QED) is 0.535. The smallest absolute Gasteiger partial charge is 0.0935 e. The molecule has 66 valence electrons. The second-order valence-electron chi connectivity index (χ2n) is 4.38. The fourth-order valence-electron chi connectivity index (χ4n) is 1.07. The SMILES string of the molecule is CC(C)(C)C1(C)COCCO1. The van der Waals surface area contributed by atoms with E-state index in [1.807, 2.05) is 0 Å². The van der Waals surface area contributed by atoms with Crippen molar-refractivity contribution >= 4 is 0 Å². The molecule has 0 aliphatic carbocycles. The van der Waals surface area contributed by atoms with Crippen LogP contribution >= 0.6 is 0 Å². The van der Waals surface area contributed by atoms with Crippen molar-refractivity contribution < 1.29 is 9.47 Å². The van der Waals surface area contributed by atoms with E-state index >= 15 is 0 Å². The monoisotopic (exact) mass is 158 g/mol. The number of rotatable bonds is 0. The Morgan fingerprint density at radius 1 is 1.18 bits per heavy atom. The molecule has 0 N–H and O–H groups in total. The lowest BCUT2D eigenvalue weighted by molar-refractivity contribution is -0.193. The van der Waals surface area contributed by atoms with E-state index in [0.717, 1.165) is 19.8 Å². The Morgan fingerprint density at radius 2 is 1.82 bits per heavy atom. The van der Waals surface area contributed by atoms with Gasteiger partial charge in [-0.25, -0.2) is 0 Å². The minimum Gasteiger partial charge on any atom is -0.376 e. The van der Waals surface area contributed by atoms with E-state index in [9.17, 15) is 0 Å². The maximum atomic E-state index is 5.70. The van der Waals surface area contributed by atoms with Gasteiger partial charge < -0.3 is 9.47 Å². The molecule has 2 heteroatoms. The molecule has 0 aromatic heterocycles. The number of hydrogen-bond acceptors (Lipinski definition) is 2. The Labute approximate surface area is 68.9 Å². The van der Waals surface area contributed by atoms with Gasteiger partial charge in [0.15, 0.2) is 0 Å². The van der Waals surface area contributed by atoms with Crippen LogP contribution in [0.25, 0.3) is 0 Å². The van der Waals surface area contributed by atoms with E-state index in [-0.39, 0.29) is 11.0 Å². The predicted octanol–water partition coefficient (Wildman–Crippen LogP) is 1.84. The fourth-order valence-corrected chi connectivity index (χ4v) is 1.07. The molecule has 0 aromatic carbocycles. The van der Waals surface area contributed by atoms with Crippen LogP contribution in [0.5, 0.6) is 0 Å². The van der Waals surface area contributed by atoms with Gasteiger partial charge in [0.25, 0.3) is 0 Å². The average Bonchev–Trinajstić information content (AvgIpc) is 1.87. The summed E-state index contributed by atoms with van der Waals surface area (Å²) in [6.45, 7) is 10.9. The van der Waals surface area contributed by atoms with Crippen LogP contribution < -0.4 is 0 Å². The molecule has 1 heterocycles. The van der Waals surface area contributed by atoms with E-state index < -0.39 is 0 Å². The molecule has 1 atom stereocenters. The Bertz CT molecular complexity index is 129. The molecule has 1 aliphatic rings. The second kappa shape index (κ2) is 2.76. The number of hydrogen-bond donors (Lipinski definition) is 0. The van der Waals surface area contributed by atoms with E-state index in [4.69, 9.17) is 9.47 Å². The van der Waals surface area contributed by atoms with E-state index in [1.54, 1.807) is 0 Å². The van der Waals surface area contributed by atoms with Gasteiger partial charge in [-0.3, -0.25) is 0 Å². The van der Waals surface area contributed by atoms with E-state index in [2.05, 4.69) is 27.7 Å². The lowest BCUT2D eigenvalue weighted by Gasteiger charge is -2.43. The standard InChI is InChI=1S/C9H18O2/c1-8(2,3)9(4)7-10-5-6-11-9/h5-7H2,1-4H3. The van der Waals surface area contributed by atoms with E-state index in [0.29, 0.717) is 0 Å².